The van der Waals surface area contributed by atoms with Gasteiger partial charge in [0.1, 0.15) is 0 Å². The minimum atomic E-state index is 0.462. The Balaban J connectivity index is 1.94. The van der Waals surface area contributed by atoms with Crippen LogP contribution in [0.4, 0.5) is 0 Å². The van der Waals surface area contributed by atoms with Crippen molar-refractivity contribution in [3.63, 3.8) is 0 Å². The second kappa shape index (κ2) is 6.21. The fraction of sp³-hybridized carbons (Fsp3) is 0.800. The summed E-state index contributed by atoms with van der Waals surface area (Å²) in [5.74, 6) is 0. The monoisotopic (exact) mass is 169 g/mol. The molecule has 0 aromatic rings. The molecule has 1 aliphatic rings. The molecule has 0 radical (unpaired) electrons. The molecular formula is C10H19NO. The van der Waals surface area contributed by atoms with Gasteiger partial charge in [0.25, 0.3) is 0 Å². The van der Waals surface area contributed by atoms with E-state index in [2.05, 4.69) is 11.9 Å². The maximum atomic E-state index is 5.67. The highest BCUT2D eigenvalue weighted by atomic mass is 16.5. The molecule has 0 aromatic carbocycles. The summed E-state index contributed by atoms with van der Waals surface area (Å²) >= 11 is 0. The zero-order chi connectivity index (χ0) is 8.65. The Labute approximate surface area is 75.0 Å². The van der Waals surface area contributed by atoms with Crippen LogP contribution in [-0.2, 0) is 4.74 Å². The Morgan fingerprint density at radius 3 is 3.17 bits per heavy atom. The summed E-state index contributed by atoms with van der Waals surface area (Å²) in [7, 11) is 0. The average molecular weight is 169 g/mol. The van der Waals surface area contributed by atoms with E-state index in [1.54, 1.807) is 0 Å². The van der Waals surface area contributed by atoms with Gasteiger partial charge in [0.2, 0.25) is 0 Å². The molecule has 1 saturated heterocycles. The first-order chi connectivity index (χ1) is 5.93. The van der Waals surface area contributed by atoms with Crippen molar-refractivity contribution in [2.75, 3.05) is 19.7 Å². The standard InChI is InChI=1S/C10H19NO/c1-2-3-4-8-12-10-6-5-7-11-9-10/h2,10-11H,1,3-9H2/t10-/m1/s1. The van der Waals surface area contributed by atoms with Crippen molar-refractivity contribution in [2.45, 2.75) is 31.8 Å². The summed E-state index contributed by atoms with van der Waals surface area (Å²) in [4.78, 5) is 0. The number of piperidine rings is 1. The molecule has 1 fully saturated rings. The normalized spacial score (nSPS) is 23.8. The number of rotatable bonds is 5. The number of nitrogens with one attached hydrogen (secondary N) is 1. The molecule has 70 valence electrons. The molecular weight excluding hydrogens is 150 g/mol. The molecule has 0 saturated carbocycles. The van der Waals surface area contributed by atoms with Gasteiger partial charge in [-0.05, 0) is 32.2 Å². The van der Waals surface area contributed by atoms with E-state index in [9.17, 15) is 0 Å². The summed E-state index contributed by atoms with van der Waals surface area (Å²) in [6.45, 7) is 6.76. The van der Waals surface area contributed by atoms with E-state index in [1.807, 2.05) is 6.08 Å². The van der Waals surface area contributed by atoms with Gasteiger partial charge in [-0.2, -0.15) is 0 Å². The highest BCUT2D eigenvalue weighted by Gasteiger charge is 2.11. The second-order valence-electron chi connectivity index (χ2n) is 3.27. The molecule has 1 atom stereocenters. The van der Waals surface area contributed by atoms with Crippen molar-refractivity contribution >= 4 is 0 Å². The molecule has 1 rings (SSSR count). The molecule has 1 N–H and O–H groups in total. The summed E-state index contributed by atoms with van der Waals surface area (Å²) in [5, 5.41) is 3.33. The van der Waals surface area contributed by atoms with Crippen LogP contribution in [0.3, 0.4) is 0 Å². The summed E-state index contributed by atoms with van der Waals surface area (Å²) in [6.07, 6.45) is 7.07. The van der Waals surface area contributed by atoms with Gasteiger partial charge in [-0.3, -0.25) is 0 Å². The van der Waals surface area contributed by atoms with Crippen molar-refractivity contribution in [2.24, 2.45) is 0 Å². The van der Waals surface area contributed by atoms with Crippen molar-refractivity contribution in [1.82, 2.24) is 5.32 Å². The van der Waals surface area contributed by atoms with Crippen molar-refractivity contribution in [3.8, 4) is 0 Å². The largest absolute Gasteiger partial charge is 0.377 e. The topological polar surface area (TPSA) is 21.3 Å². The average Bonchev–Trinajstić information content (AvgIpc) is 2.14. The Hall–Kier alpha value is -0.340. The zero-order valence-electron chi connectivity index (χ0n) is 7.72. The van der Waals surface area contributed by atoms with Gasteiger partial charge in [-0.15, -0.1) is 6.58 Å². The highest BCUT2D eigenvalue weighted by Crippen LogP contribution is 2.06. The Bertz CT molecular complexity index is 119. The molecule has 12 heavy (non-hydrogen) atoms. The van der Waals surface area contributed by atoms with E-state index < -0.39 is 0 Å². The van der Waals surface area contributed by atoms with Crippen LogP contribution in [0.15, 0.2) is 12.7 Å². The molecule has 0 aromatic heterocycles. The van der Waals surface area contributed by atoms with Crippen LogP contribution in [0.5, 0.6) is 0 Å². The fourth-order valence-corrected chi connectivity index (χ4v) is 1.44. The smallest absolute Gasteiger partial charge is 0.0699 e. The first-order valence-electron chi connectivity index (χ1n) is 4.86. The lowest BCUT2D eigenvalue weighted by Crippen LogP contribution is -2.35. The van der Waals surface area contributed by atoms with Crippen LogP contribution in [0.1, 0.15) is 25.7 Å². The summed E-state index contributed by atoms with van der Waals surface area (Å²) in [6, 6.07) is 0. The van der Waals surface area contributed by atoms with Gasteiger partial charge in [0.05, 0.1) is 6.10 Å². The lowest BCUT2D eigenvalue weighted by atomic mass is 10.1. The van der Waals surface area contributed by atoms with Gasteiger partial charge in [0, 0.05) is 13.2 Å². The molecule has 0 amide bonds. The number of unbranched alkanes of at least 4 members (excludes halogenated alkanes) is 1. The van der Waals surface area contributed by atoms with Crippen molar-refractivity contribution in [3.05, 3.63) is 12.7 Å². The van der Waals surface area contributed by atoms with Gasteiger partial charge in [0.15, 0.2) is 0 Å². The third kappa shape index (κ3) is 3.88. The van der Waals surface area contributed by atoms with E-state index in [-0.39, 0.29) is 0 Å². The van der Waals surface area contributed by atoms with E-state index in [0.717, 1.165) is 32.5 Å². The molecule has 0 bridgehead atoms. The molecule has 0 spiro atoms. The van der Waals surface area contributed by atoms with Crippen LogP contribution < -0.4 is 5.32 Å². The van der Waals surface area contributed by atoms with E-state index in [0.29, 0.717) is 6.10 Å². The predicted molar refractivity (Wildman–Crippen MR) is 51.3 cm³/mol. The molecule has 0 aliphatic carbocycles. The van der Waals surface area contributed by atoms with Crippen LogP contribution >= 0.6 is 0 Å². The van der Waals surface area contributed by atoms with Gasteiger partial charge >= 0.3 is 0 Å². The third-order valence-corrected chi connectivity index (χ3v) is 2.16. The summed E-state index contributed by atoms with van der Waals surface area (Å²) in [5.41, 5.74) is 0. The van der Waals surface area contributed by atoms with E-state index in [1.165, 1.54) is 12.8 Å². The number of hydrogen-bond acceptors (Lipinski definition) is 2. The number of hydrogen-bond donors (Lipinski definition) is 1. The third-order valence-electron chi connectivity index (χ3n) is 2.16. The predicted octanol–water partition coefficient (Wildman–Crippen LogP) is 1.72. The highest BCUT2D eigenvalue weighted by molar-refractivity contribution is 4.69. The molecule has 1 heterocycles. The van der Waals surface area contributed by atoms with Crippen molar-refractivity contribution < 1.29 is 4.74 Å². The van der Waals surface area contributed by atoms with Crippen LogP contribution in [0.2, 0.25) is 0 Å². The number of ether oxygens (including phenoxy) is 1. The minimum Gasteiger partial charge on any atom is -0.377 e. The maximum Gasteiger partial charge on any atom is 0.0699 e. The van der Waals surface area contributed by atoms with Crippen LogP contribution in [0.25, 0.3) is 0 Å². The SMILES string of the molecule is C=CCCCO[C@@H]1CCCNC1. The Morgan fingerprint density at radius 1 is 1.58 bits per heavy atom. The second-order valence-corrected chi connectivity index (χ2v) is 3.27. The lowest BCUT2D eigenvalue weighted by molar-refractivity contribution is 0.0361. The summed E-state index contributed by atoms with van der Waals surface area (Å²) < 4.78 is 5.67. The van der Waals surface area contributed by atoms with Gasteiger partial charge in [-0.25, -0.2) is 0 Å². The van der Waals surface area contributed by atoms with Crippen LogP contribution in [0, 0.1) is 0 Å². The molecule has 2 nitrogen and oxygen atoms in total. The minimum absolute atomic E-state index is 0.462. The Morgan fingerprint density at radius 2 is 2.50 bits per heavy atom. The van der Waals surface area contributed by atoms with Crippen LogP contribution in [-0.4, -0.2) is 25.8 Å². The van der Waals surface area contributed by atoms with Gasteiger partial charge < -0.3 is 10.1 Å². The van der Waals surface area contributed by atoms with E-state index >= 15 is 0 Å². The zero-order valence-corrected chi connectivity index (χ0v) is 7.72. The lowest BCUT2D eigenvalue weighted by Gasteiger charge is -2.22. The van der Waals surface area contributed by atoms with E-state index in [4.69, 9.17) is 4.74 Å². The Kier molecular flexibility index (Phi) is 5.04. The molecule has 0 unspecified atom stereocenters. The first kappa shape index (κ1) is 9.75. The quantitative estimate of drug-likeness (QED) is 0.500. The molecule has 1 aliphatic heterocycles. The first-order valence-corrected chi connectivity index (χ1v) is 4.86. The fourth-order valence-electron chi connectivity index (χ4n) is 1.44. The van der Waals surface area contributed by atoms with Crippen molar-refractivity contribution in [1.29, 1.82) is 0 Å². The number of allylic oxidation sites excluding steroid dienone is 1. The van der Waals surface area contributed by atoms with Gasteiger partial charge in [-0.1, -0.05) is 6.08 Å². The maximum absolute atomic E-state index is 5.67. The molecule has 2 heteroatoms.